The first-order chi connectivity index (χ1) is 15.3. The molecule has 0 aliphatic rings. The van der Waals surface area contributed by atoms with E-state index in [1.165, 1.54) is 0 Å². The molecule has 4 aromatic rings. The Morgan fingerprint density at radius 3 is 2.50 bits per heavy atom. The Hall–Kier alpha value is -3.27. The summed E-state index contributed by atoms with van der Waals surface area (Å²) in [5.74, 6) is 0.656. The smallest absolute Gasteiger partial charge is 0.234 e. The van der Waals surface area contributed by atoms with Gasteiger partial charge < -0.3 is 4.43 Å². The number of hydrogen-bond donors (Lipinski definition) is 0. The van der Waals surface area contributed by atoms with Crippen molar-refractivity contribution in [2.45, 2.75) is 40.0 Å². The lowest BCUT2D eigenvalue weighted by Crippen LogP contribution is -2.26. The Morgan fingerprint density at radius 2 is 1.78 bits per heavy atom. The molecule has 32 heavy (non-hydrogen) atoms. The van der Waals surface area contributed by atoms with Crippen LogP contribution in [0.15, 0.2) is 67.0 Å². The minimum absolute atomic E-state index is 0.0551. The van der Waals surface area contributed by atoms with Crippen molar-refractivity contribution in [3.63, 3.8) is 0 Å². The summed E-state index contributed by atoms with van der Waals surface area (Å²) in [5.41, 5.74) is 5.44. The average Bonchev–Trinajstić information content (AvgIpc) is 3.20. The van der Waals surface area contributed by atoms with Crippen LogP contribution in [0.4, 0.5) is 0 Å². The van der Waals surface area contributed by atoms with Gasteiger partial charge in [-0.25, -0.2) is 9.97 Å². The van der Waals surface area contributed by atoms with E-state index in [0.29, 0.717) is 11.3 Å². The van der Waals surface area contributed by atoms with E-state index in [9.17, 15) is 5.26 Å². The van der Waals surface area contributed by atoms with Crippen LogP contribution in [-0.2, 0) is 4.43 Å². The van der Waals surface area contributed by atoms with Gasteiger partial charge in [-0.15, -0.1) is 0 Å². The van der Waals surface area contributed by atoms with Crippen LogP contribution in [0.1, 0.15) is 38.1 Å². The molecule has 6 heteroatoms. The predicted molar refractivity (Wildman–Crippen MR) is 131 cm³/mol. The second kappa shape index (κ2) is 8.70. The Bertz CT molecular complexity index is 1300. The van der Waals surface area contributed by atoms with Gasteiger partial charge in [0.25, 0.3) is 0 Å². The van der Waals surface area contributed by atoms with Crippen molar-refractivity contribution in [1.82, 2.24) is 14.4 Å². The maximum atomic E-state index is 9.48. The molecule has 2 heterocycles. The summed E-state index contributed by atoms with van der Waals surface area (Å²) in [5, 5.41) is 9.48. The number of nitrogens with zero attached hydrogens (tertiary/aromatic N) is 4. The van der Waals surface area contributed by atoms with Gasteiger partial charge in [0.2, 0.25) is 5.78 Å². The van der Waals surface area contributed by atoms with Gasteiger partial charge in [-0.3, -0.25) is 4.40 Å². The van der Waals surface area contributed by atoms with Crippen LogP contribution in [0.5, 0.6) is 0 Å². The first-order valence-corrected chi connectivity index (χ1v) is 13.7. The van der Waals surface area contributed by atoms with Gasteiger partial charge >= 0.3 is 0 Å². The number of fused-ring (bicyclic) bond motifs is 1. The zero-order chi connectivity index (χ0) is 22.9. The molecular weight excluding hydrogens is 412 g/mol. The van der Waals surface area contributed by atoms with Crippen molar-refractivity contribution in [1.29, 1.82) is 5.26 Å². The van der Waals surface area contributed by atoms with Crippen LogP contribution in [-0.4, -0.2) is 23.4 Å². The zero-order valence-electron chi connectivity index (χ0n) is 19.2. The van der Waals surface area contributed by atoms with Crippen LogP contribution in [0.25, 0.3) is 28.2 Å². The molecule has 2 aromatic heterocycles. The van der Waals surface area contributed by atoms with Crippen molar-refractivity contribution < 1.29 is 4.43 Å². The minimum atomic E-state index is -1.24. The SMILES string of the molecule is C[SiH](C)OC(c1ccn2c(-c3cccc(-c4ccccc4C#N)c3)cnc2n1)C(C)(C)C. The van der Waals surface area contributed by atoms with Crippen LogP contribution < -0.4 is 0 Å². The van der Waals surface area contributed by atoms with Crippen molar-refractivity contribution >= 4 is 14.8 Å². The molecule has 1 unspecified atom stereocenters. The molecule has 4 rings (SSSR count). The average molecular weight is 441 g/mol. The van der Waals surface area contributed by atoms with Crippen molar-refractivity contribution in [2.24, 2.45) is 5.41 Å². The van der Waals surface area contributed by atoms with Gasteiger partial charge in [0, 0.05) is 11.8 Å². The highest BCUT2D eigenvalue weighted by atomic mass is 28.3. The lowest BCUT2D eigenvalue weighted by Gasteiger charge is -2.32. The third-order valence-corrected chi connectivity index (χ3v) is 6.20. The molecule has 5 nitrogen and oxygen atoms in total. The first kappa shape index (κ1) is 21.9. The maximum Gasteiger partial charge on any atom is 0.234 e. The summed E-state index contributed by atoms with van der Waals surface area (Å²) in [6, 6.07) is 20.2. The number of nitriles is 1. The van der Waals surface area contributed by atoms with E-state index in [4.69, 9.17) is 9.41 Å². The topological polar surface area (TPSA) is 63.2 Å². The second-order valence-electron chi connectivity index (χ2n) is 9.33. The van der Waals surface area contributed by atoms with E-state index in [-0.39, 0.29) is 11.5 Å². The summed E-state index contributed by atoms with van der Waals surface area (Å²) in [7, 11) is -1.24. The van der Waals surface area contributed by atoms with Gasteiger partial charge in [-0.1, -0.05) is 57.2 Å². The lowest BCUT2D eigenvalue weighted by molar-refractivity contribution is 0.0828. The van der Waals surface area contributed by atoms with E-state index < -0.39 is 9.04 Å². The van der Waals surface area contributed by atoms with Gasteiger partial charge in [-0.05, 0) is 47.8 Å². The molecule has 1 atom stereocenters. The summed E-state index contributed by atoms with van der Waals surface area (Å²) < 4.78 is 8.35. The van der Waals surface area contributed by atoms with Crippen molar-refractivity contribution in [2.75, 3.05) is 0 Å². The van der Waals surface area contributed by atoms with Crippen LogP contribution in [0.3, 0.4) is 0 Å². The Balaban J connectivity index is 1.75. The molecule has 0 radical (unpaired) electrons. The van der Waals surface area contributed by atoms with E-state index in [1.54, 1.807) is 0 Å². The van der Waals surface area contributed by atoms with Gasteiger partial charge in [0.15, 0.2) is 9.04 Å². The number of benzene rings is 2. The molecule has 0 aliphatic heterocycles. The quantitative estimate of drug-likeness (QED) is 0.356. The highest BCUT2D eigenvalue weighted by molar-refractivity contribution is 6.48. The molecule has 0 N–H and O–H groups in total. The largest absolute Gasteiger partial charge is 0.412 e. The number of rotatable bonds is 5. The Morgan fingerprint density at radius 1 is 1.03 bits per heavy atom. The van der Waals surface area contributed by atoms with Gasteiger partial charge in [-0.2, -0.15) is 5.26 Å². The van der Waals surface area contributed by atoms with E-state index in [1.807, 2.05) is 59.3 Å². The standard InChI is InChI=1S/C26H28N4OSi/c1-26(2,3)24(31-32(4)5)22-13-14-30-23(17-28-25(30)29-22)19-11-8-10-18(15-19)21-12-7-6-9-20(21)16-27/h6-15,17,24,32H,1-5H3. The summed E-state index contributed by atoms with van der Waals surface area (Å²) in [4.78, 5) is 9.45. The highest BCUT2D eigenvalue weighted by Gasteiger charge is 2.29. The third-order valence-electron chi connectivity index (χ3n) is 5.38. The van der Waals surface area contributed by atoms with E-state index >= 15 is 0 Å². The Labute approximate surface area is 191 Å². The van der Waals surface area contributed by atoms with Crippen LogP contribution in [0.2, 0.25) is 13.1 Å². The fourth-order valence-electron chi connectivity index (χ4n) is 3.91. The molecule has 0 spiro atoms. The summed E-state index contributed by atoms with van der Waals surface area (Å²) >= 11 is 0. The van der Waals surface area contributed by atoms with Crippen LogP contribution >= 0.6 is 0 Å². The highest BCUT2D eigenvalue weighted by Crippen LogP contribution is 2.36. The predicted octanol–water partition coefficient (Wildman–Crippen LogP) is 6.02. The molecule has 0 bridgehead atoms. The molecule has 2 aromatic carbocycles. The van der Waals surface area contributed by atoms with E-state index in [2.05, 4.69) is 57.1 Å². The molecule has 0 saturated heterocycles. The van der Waals surface area contributed by atoms with Crippen molar-refractivity contribution in [3.8, 4) is 28.5 Å². The lowest BCUT2D eigenvalue weighted by atomic mass is 9.87. The minimum Gasteiger partial charge on any atom is -0.412 e. The molecule has 0 fully saturated rings. The number of aromatic nitrogens is 3. The van der Waals surface area contributed by atoms with Gasteiger partial charge in [0.1, 0.15) is 0 Å². The monoisotopic (exact) mass is 440 g/mol. The Kier molecular flexibility index (Phi) is 5.96. The van der Waals surface area contributed by atoms with Crippen molar-refractivity contribution in [3.05, 3.63) is 78.2 Å². The first-order valence-electron chi connectivity index (χ1n) is 10.9. The number of imidazole rings is 1. The second-order valence-corrected chi connectivity index (χ2v) is 11.7. The summed E-state index contributed by atoms with van der Waals surface area (Å²) in [6.07, 6.45) is 3.82. The fraction of sp³-hybridized carbons (Fsp3) is 0.269. The fourth-order valence-corrected chi connectivity index (χ4v) is 5.00. The molecule has 0 amide bonds. The summed E-state index contributed by atoms with van der Waals surface area (Å²) in [6.45, 7) is 10.9. The van der Waals surface area contributed by atoms with Crippen LogP contribution in [0, 0.1) is 16.7 Å². The zero-order valence-corrected chi connectivity index (χ0v) is 20.4. The third kappa shape index (κ3) is 4.36. The molecule has 0 aliphatic carbocycles. The molecule has 0 saturated carbocycles. The molecule has 162 valence electrons. The normalized spacial score (nSPS) is 12.8. The van der Waals surface area contributed by atoms with E-state index in [0.717, 1.165) is 28.1 Å². The molecular formula is C26H28N4OSi. The van der Waals surface area contributed by atoms with Gasteiger partial charge in [0.05, 0.1) is 35.3 Å². The maximum absolute atomic E-state index is 9.48. The number of hydrogen-bond acceptors (Lipinski definition) is 4.